The van der Waals surface area contributed by atoms with Crippen molar-refractivity contribution in [3.63, 3.8) is 0 Å². The Hall–Kier alpha value is -3.06. The first kappa shape index (κ1) is 21.2. The van der Waals surface area contributed by atoms with Crippen molar-refractivity contribution in [2.75, 3.05) is 19.1 Å². The number of fused-ring (bicyclic) bond motifs is 1. The van der Waals surface area contributed by atoms with Crippen LogP contribution in [0, 0.1) is 0 Å². The highest BCUT2D eigenvalue weighted by atomic mass is 32.2. The SMILES string of the molecule is COc1ccccc1-c1nnc(SC(C)C(=O)/C=C2/N(C)c3ccccc3C2(C)C)o1. The number of ketones is 1. The number of methoxy groups -OCH3 is 1. The molecule has 1 aliphatic rings. The molecule has 160 valence electrons. The number of allylic oxidation sites excluding steroid dienone is 2. The van der Waals surface area contributed by atoms with Crippen LogP contribution in [-0.2, 0) is 10.2 Å². The third-order valence-corrected chi connectivity index (χ3v) is 6.59. The van der Waals surface area contributed by atoms with Crippen LogP contribution in [-0.4, -0.2) is 35.4 Å². The molecular weight excluding hydrogens is 410 g/mol. The average Bonchev–Trinajstić information content (AvgIpc) is 3.31. The maximum absolute atomic E-state index is 13.0. The molecule has 4 rings (SSSR count). The number of hydrogen-bond acceptors (Lipinski definition) is 7. The number of likely N-dealkylation sites (N-methyl/N-ethyl adjacent to an activating group) is 1. The molecule has 0 N–H and O–H groups in total. The number of hydrogen-bond donors (Lipinski definition) is 0. The second-order valence-electron chi connectivity index (χ2n) is 7.97. The van der Waals surface area contributed by atoms with E-state index in [4.69, 9.17) is 9.15 Å². The summed E-state index contributed by atoms with van der Waals surface area (Å²) in [6, 6.07) is 15.7. The predicted molar refractivity (Wildman–Crippen MR) is 123 cm³/mol. The Bertz CT molecular complexity index is 1150. The van der Waals surface area contributed by atoms with Crippen LogP contribution in [0.5, 0.6) is 5.75 Å². The summed E-state index contributed by atoms with van der Waals surface area (Å²) in [5.41, 5.74) is 3.80. The fourth-order valence-corrected chi connectivity index (χ4v) is 4.61. The molecule has 0 bridgehead atoms. The van der Waals surface area contributed by atoms with Gasteiger partial charge in [-0.15, -0.1) is 10.2 Å². The van der Waals surface area contributed by atoms with Crippen LogP contribution in [0.2, 0.25) is 0 Å². The molecule has 7 heteroatoms. The normalized spacial score (nSPS) is 16.9. The van der Waals surface area contributed by atoms with Crippen LogP contribution >= 0.6 is 11.8 Å². The van der Waals surface area contributed by atoms with E-state index in [2.05, 4.69) is 41.1 Å². The highest BCUT2D eigenvalue weighted by Crippen LogP contribution is 2.46. The third-order valence-electron chi connectivity index (χ3n) is 5.64. The first-order chi connectivity index (χ1) is 14.8. The number of thioether (sulfide) groups is 1. The van der Waals surface area contributed by atoms with Crippen LogP contribution in [0.25, 0.3) is 11.5 Å². The van der Waals surface area contributed by atoms with E-state index in [-0.39, 0.29) is 16.4 Å². The molecule has 1 unspecified atom stereocenters. The summed E-state index contributed by atoms with van der Waals surface area (Å²) in [5.74, 6) is 1.03. The molecule has 1 atom stereocenters. The summed E-state index contributed by atoms with van der Waals surface area (Å²) in [4.78, 5) is 15.1. The van der Waals surface area contributed by atoms with Crippen LogP contribution in [0.1, 0.15) is 26.3 Å². The van der Waals surface area contributed by atoms with Gasteiger partial charge in [0.2, 0.25) is 0 Å². The van der Waals surface area contributed by atoms with Gasteiger partial charge >= 0.3 is 0 Å². The first-order valence-electron chi connectivity index (χ1n) is 10.1. The summed E-state index contributed by atoms with van der Waals surface area (Å²) in [7, 11) is 3.60. The molecule has 1 aliphatic heterocycles. The molecule has 2 heterocycles. The largest absolute Gasteiger partial charge is 0.496 e. The molecule has 31 heavy (non-hydrogen) atoms. The molecule has 0 fully saturated rings. The van der Waals surface area contributed by atoms with E-state index in [1.807, 2.05) is 50.4 Å². The zero-order valence-electron chi connectivity index (χ0n) is 18.2. The van der Waals surface area contributed by atoms with Gasteiger partial charge in [-0.3, -0.25) is 4.79 Å². The number of anilines is 1. The number of benzene rings is 2. The van der Waals surface area contributed by atoms with Crippen LogP contribution in [0.15, 0.2) is 69.9 Å². The molecular formula is C24H25N3O3S. The van der Waals surface area contributed by atoms with Crippen LogP contribution in [0.3, 0.4) is 0 Å². The van der Waals surface area contributed by atoms with Gasteiger partial charge in [0.15, 0.2) is 5.78 Å². The van der Waals surface area contributed by atoms with Crippen LogP contribution in [0.4, 0.5) is 5.69 Å². The lowest BCUT2D eigenvalue weighted by Gasteiger charge is -2.24. The molecule has 0 saturated carbocycles. The van der Waals surface area contributed by atoms with Crippen molar-refractivity contribution in [3.8, 4) is 17.2 Å². The zero-order valence-corrected chi connectivity index (χ0v) is 19.1. The summed E-state index contributed by atoms with van der Waals surface area (Å²) < 4.78 is 11.2. The topological polar surface area (TPSA) is 68.5 Å². The van der Waals surface area contributed by atoms with Gasteiger partial charge in [-0.1, -0.05) is 55.9 Å². The zero-order chi connectivity index (χ0) is 22.2. The van der Waals surface area contributed by atoms with Gasteiger partial charge in [0.25, 0.3) is 11.1 Å². The van der Waals surface area contributed by atoms with Crippen molar-refractivity contribution >= 4 is 23.2 Å². The Balaban J connectivity index is 1.52. The van der Waals surface area contributed by atoms with E-state index in [1.54, 1.807) is 13.2 Å². The van der Waals surface area contributed by atoms with Gasteiger partial charge < -0.3 is 14.1 Å². The molecule has 3 aromatic rings. The maximum atomic E-state index is 13.0. The van der Waals surface area contributed by atoms with E-state index in [9.17, 15) is 4.79 Å². The fourth-order valence-electron chi connectivity index (χ4n) is 3.91. The van der Waals surface area contributed by atoms with Gasteiger partial charge in [-0.2, -0.15) is 0 Å². The van der Waals surface area contributed by atoms with E-state index >= 15 is 0 Å². The van der Waals surface area contributed by atoms with Crippen LogP contribution < -0.4 is 9.64 Å². The second kappa shape index (κ2) is 8.23. The summed E-state index contributed by atoms with van der Waals surface area (Å²) in [5, 5.41) is 8.21. The first-order valence-corrected chi connectivity index (χ1v) is 10.9. The highest BCUT2D eigenvalue weighted by Gasteiger charge is 2.38. The number of para-hydroxylation sites is 2. The second-order valence-corrected chi connectivity index (χ2v) is 9.26. The minimum absolute atomic E-state index is 0.00442. The summed E-state index contributed by atoms with van der Waals surface area (Å²) >= 11 is 1.26. The Morgan fingerprint density at radius 1 is 1.16 bits per heavy atom. The van der Waals surface area contributed by atoms with Gasteiger partial charge in [-0.05, 0) is 30.7 Å². The minimum Gasteiger partial charge on any atom is -0.496 e. The molecule has 0 aliphatic carbocycles. The van der Waals surface area contributed by atoms with Crippen molar-refractivity contribution in [1.82, 2.24) is 10.2 Å². The number of carbonyl (C=O) groups excluding carboxylic acids is 1. The van der Waals surface area contributed by atoms with Gasteiger partial charge in [-0.25, -0.2) is 0 Å². The van der Waals surface area contributed by atoms with E-state index < -0.39 is 0 Å². The smallest absolute Gasteiger partial charge is 0.277 e. The standard InChI is InChI=1S/C24H25N3O3S/c1-15(31-23-26-25-22(30-23)16-10-6-9-13-20(16)29-5)19(28)14-21-24(2,3)17-11-7-8-12-18(17)27(21)4/h6-15H,1-5H3/b21-14+. The average molecular weight is 436 g/mol. The Labute approximate surface area is 186 Å². The molecule has 0 amide bonds. The molecule has 0 saturated heterocycles. The highest BCUT2D eigenvalue weighted by molar-refractivity contribution is 8.00. The van der Waals surface area contributed by atoms with Crippen molar-refractivity contribution in [1.29, 1.82) is 0 Å². The molecule has 1 aromatic heterocycles. The number of rotatable bonds is 6. The fraction of sp³-hybridized carbons (Fsp3) is 0.292. The monoisotopic (exact) mass is 435 g/mol. The van der Waals surface area contributed by atoms with Gasteiger partial charge in [0, 0.05) is 29.9 Å². The molecule has 0 spiro atoms. The van der Waals surface area contributed by atoms with Gasteiger partial charge in [0.1, 0.15) is 5.75 Å². The number of ether oxygens (including phenoxy) is 1. The number of nitrogens with zero attached hydrogens (tertiary/aromatic N) is 3. The van der Waals surface area contributed by atoms with E-state index in [0.717, 1.165) is 16.9 Å². The Morgan fingerprint density at radius 2 is 1.87 bits per heavy atom. The van der Waals surface area contributed by atoms with E-state index in [0.29, 0.717) is 16.9 Å². The van der Waals surface area contributed by atoms with Crippen molar-refractivity contribution in [3.05, 3.63) is 65.9 Å². The lowest BCUT2D eigenvalue weighted by Crippen LogP contribution is -2.25. The minimum atomic E-state index is -0.369. The maximum Gasteiger partial charge on any atom is 0.277 e. The van der Waals surface area contributed by atoms with Crippen molar-refractivity contribution in [2.24, 2.45) is 0 Å². The van der Waals surface area contributed by atoms with Crippen molar-refractivity contribution < 1.29 is 13.9 Å². The Kier molecular flexibility index (Phi) is 5.62. The Morgan fingerprint density at radius 3 is 2.61 bits per heavy atom. The lowest BCUT2D eigenvalue weighted by molar-refractivity contribution is -0.114. The molecule has 0 radical (unpaired) electrons. The van der Waals surface area contributed by atoms with Crippen molar-refractivity contribution in [2.45, 2.75) is 36.7 Å². The molecule has 6 nitrogen and oxygen atoms in total. The number of aromatic nitrogens is 2. The third kappa shape index (κ3) is 3.85. The summed E-state index contributed by atoms with van der Waals surface area (Å²) in [6.07, 6.45) is 1.75. The molecule has 2 aromatic carbocycles. The van der Waals surface area contributed by atoms with E-state index in [1.165, 1.54) is 17.3 Å². The van der Waals surface area contributed by atoms with Gasteiger partial charge in [0.05, 0.1) is 17.9 Å². The predicted octanol–water partition coefficient (Wildman–Crippen LogP) is 5.11. The quantitative estimate of drug-likeness (QED) is 0.394. The number of carbonyl (C=O) groups is 1. The lowest BCUT2D eigenvalue weighted by atomic mass is 9.83. The summed E-state index contributed by atoms with van der Waals surface area (Å²) in [6.45, 7) is 6.14.